The van der Waals surface area contributed by atoms with E-state index in [4.69, 9.17) is 0 Å². The lowest BCUT2D eigenvalue weighted by Crippen LogP contribution is -2.47. The summed E-state index contributed by atoms with van der Waals surface area (Å²) < 4.78 is 0. The molecule has 1 amide bonds. The minimum Gasteiger partial charge on any atom is -0.348 e. The number of carbonyl (C=O) groups is 1. The molecule has 2 N–H and O–H groups in total. The Balaban J connectivity index is 1.89. The van der Waals surface area contributed by atoms with E-state index in [-0.39, 0.29) is 18.0 Å². The van der Waals surface area contributed by atoms with E-state index in [2.05, 4.69) is 10.6 Å². The van der Waals surface area contributed by atoms with Crippen molar-refractivity contribution in [2.75, 3.05) is 6.54 Å². The van der Waals surface area contributed by atoms with Gasteiger partial charge in [0.15, 0.2) is 0 Å². The zero-order valence-electron chi connectivity index (χ0n) is 10.3. The summed E-state index contributed by atoms with van der Waals surface area (Å²) in [5, 5.41) is 6.33. The minimum absolute atomic E-state index is 0.00471. The molecule has 3 nitrogen and oxygen atoms in total. The van der Waals surface area contributed by atoms with Crippen LogP contribution >= 0.6 is 0 Å². The first kappa shape index (κ1) is 12.1. The number of rotatable bonds is 3. The van der Waals surface area contributed by atoms with Gasteiger partial charge in [-0.05, 0) is 31.9 Å². The fourth-order valence-electron chi connectivity index (χ4n) is 2.21. The van der Waals surface area contributed by atoms with Gasteiger partial charge in [0.25, 0.3) is 0 Å². The smallest absolute Gasteiger partial charge is 0.237 e. The standard InChI is InChI=1S/C14H20N2O/c1-11(12-7-3-2-4-8-12)16-14(17)13-9-5-6-10-15-13/h2-4,7-8,11,13,15H,5-6,9-10H2,1H3,(H,16,17)/t11?,13-/m0/s1. The van der Waals surface area contributed by atoms with E-state index in [1.165, 1.54) is 6.42 Å². The second-order valence-corrected chi connectivity index (χ2v) is 4.64. The normalized spacial score (nSPS) is 21.8. The van der Waals surface area contributed by atoms with Crippen molar-refractivity contribution in [1.29, 1.82) is 0 Å². The molecule has 1 aromatic carbocycles. The molecule has 3 heteroatoms. The van der Waals surface area contributed by atoms with Gasteiger partial charge in [-0.2, -0.15) is 0 Å². The van der Waals surface area contributed by atoms with Crippen LogP contribution in [0.3, 0.4) is 0 Å². The predicted molar refractivity (Wildman–Crippen MR) is 68.6 cm³/mol. The Morgan fingerprint density at radius 1 is 1.35 bits per heavy atom. The monoisotopic (exact) mass is 232 g/mol. The molecule has 92 valence electrons. The average molecular weight is 232 g/mol. The summed E-state index contributed by atoms with van der Waals surface area (Å²) in [5.74, 6) is 0.126. The fourth-order valence-corrected chi connectivity index (χ4v) is 2.21. The van der Waals surface area contributed by atoms with E-state index in [9.17, 15) is 4.79 Å². The van der Waals surface area contributed by atoms with Gasteiger partial charge in [0.1, 0.15) is 0 Å². The van der Waals surface area contributed by atoms with Gasteiger partial charge in [-0.25, -0.2) is 0 Å². The molecule has 0 saturated carbocycles. The van der Waals surface area contributed by atoms with Crippen LogP contribution in [0.1, 0.15) is 37.8 Å². The van der Waals surface area contributed by atoms with Gasteiger partial charge in [-0.15, -0.1) is 0 Å². The largest absolute Gasteiger partial charge is 0.348 e. The Morgan fingerprint density at radius 3 is 2.76 bits per heavy atom. The zero-order chi connectivity index (χ0) is 12.1. The fraction of sp³-hybridized carbons (Fsp3) is 0.500. The molecule has 1 heterocycles. The highest BCUT2D eigenvalue weighted by Crippen LogP contribution is 2.13. The first-order valence-corrected chi connectivity index (χ1v) is 6.36. The highest BCUT2D eigenvalue weighted by atomic mass is 16.2. The lowest BCUT2D eigenvalue weighted by atomic mass is 10.0. The van der Waals surface area contributed by atoms with Crippen LogP contribution in [0.5, 0.6) is 0 Å². The number of hydrogen-bond acceptors (Lipinski definition) is 2. The highest BCUT2D eigenvalue weighted by Gasteiger charge is 2.21. The molecular formula is C14H20N2O. The molecule has 1 unspecified atom stereocenters. The molecule has 2 atom stereocenters. The number of piperidine rings is 1. The second-order valence-electron chi connectivity index (χ2n) is 4.64. The maximum atomic E-state index is 12.0. The molecule has 1 aliphatic heterocycles. The minimum atomic E-state index is -0.00471. The number of hydrogen-bond donors (Lipinski definition) is 2. The average Bonchev–Trinajstić information content (AvgIpc) is 2.40. The van der Waals surface area contributed by atoms with Gasteiger partial charge < -0.3 is 10.6 Å². The molecule has 1 aromatic rings. The molecule has 0 radical (unpaired) electrons. The summed E-state index contributed by atoms with van der Waals surface area (Å²) in [6.07, 6.45) is 3.27. The van der Waals surface area contributed by atoms with Crippen molar-refractivity contribution in [2.24, 2.45) is 0 Å². The summed E-state index contributed by atoms with van der Waals surface area (Å²) in [5.41, 5.74) is 1.15. The van der Waals surface area contributed by atoms with Crippen LogP contribution in [-0.4, -0.2) is 18.5 Å². The summed E-state index contributed by atoms with van der Waals surface area (Å²) in [6, 6.07) is 10.1. The number of benzene rings is 1. The molecule has 1 fully saturated rings. The van der Waals surface area contributed by atoms with Crippen molar-refractivity contribution in [3.63, 3.8) is 0 Å². The van der Waals surface area contributed by atoms with Gasteiger partial charge in [-0.1, -0.05) is 36.8 Å². The molecule has 0 aromatic heterocycles. The molecule has 17 heavy (non-hydrogen) atoms. The maximum absolute atomic E-state index is 12.0. The summed E-state index contributed by atoms with van der Waals surface area (Å²) >= 11 is 0. The Bertz CT molecular complexity index is 358. The predicted octanol–water partition coefficient (Wildman–Crippen LogP) is 2.01. The van der Waals surface area contributed by atoms with Gasteiger partial charge in [-0.3, -0.25) is 4.79 Å². The first-order valence-electron chi connectivity index (χ1n) is 6.36. The van der Waals surface area contributed by atoms with E-state index in [0.29, 0.717) is 0 Å². The molecular weight excluding hydrogens is 212 g/mol. The quantitative estimate of drug-likeness (QED) is 0.837. The lowest BCUT2D eigenvalue weighted by Gasteiger charge is -2.24. The van der Waals surface area contributed by atoms with Crippen LogP contribution in [0.2, 0.25) is 0 Å². The van der Waals surface area contributed by atoms with Crippen molar-refractivity contribution < 1.29 is 4.79 Å². The Labute approximate surface area is 103 Å². The maximum Gasteiger partial charge on any atom is 0.237 e. The third-order valence-electron chi connectivity index (χ3n) is 3.29. The SMILES string of the molecule is CC(NC(=O)[C@@H]1CCCCN1)c1ccccc1. The van der Waals surface area contributed by atoms with E-state index in [1.54, 1.807) is 0 Å². The van der Waals surface area contributed by atoms with Crippen molar-refractivity contribution in [3.05, 3.63) is 35.9 Å². The number of amides is 1. The summed E-state index contributed by atoms with van der Waals surface area (Å²) in [7, 11) is 0. The van der Waals surface area contributed by atoms with Crippen molar-refractivity contribution in [3.8, 4) is 0 Å². The van der Waals surface area contributed by atoms with Gasteiger partial charge in [0.05, 0.1) is 12.1 Å². The molecule has 0 bridgehead atoms. The second kappa shape index (κ2) is 5.82. The Hall–Kier alpha value is -1.35. The van der Waals surface area contributed by atoms with Crippen LogP contribution < -0.4 is 10.6 Å². The summed E-state index contributed by atoms with van der Waals surface area (Å²) in [4.78, 5) is 12.0. The van der Waals surface area contributed by atoms with E-state index >= 15 is 0 Å². The number of carbonyl (C=O) groups excluding carboxylic acids is 1. The highest BCUT2D eigenvalue weighted by molar-refractivity contribution is 5.82. The first-order chi connectivity index (χ1) is 8.27. The van der Waals surface area contributed by atoms with Crippen LogP contribution in [0.4, 0.5) is 0 Å². The van der Waals surface area contributed by atoms with Gasteiger partial charge >= 0.3 is 0 Å². The van der Waals surface area contributed by atoms with E-state index in [0.717, 1.165) is 24.9 Å². The van der Waals surface area contributed by atoms with Crippen LogP contribution in [0, 0.1) is 0 Å². The zero-order valence-corrected chi connectivity index (χ0v) is 10.3. The van der Waals surface area contributed by atoms with Gasteiger partial charge in [0.2, 0.25) is 5.91 Å². The van der Waals surface area contributed by atoms with Gasteiger partial charge in [0, 0.05) is 0 Å². The van der Waals surface area contributed by atoms with Crippen molar-refractivity contribution >= 4 is 5.91 Å². The van der Waals surface area contributed by atoms with Crippen molar-refractivity contribution in [1.82, 2.24) is 10.6 Å². The molecule has 1 aliphatic rings. The topological polar surface area (TPSA) is 41.1 Å². The van der Waals surface area contributed by atoms with Crippen LogP contribution in [0.15, 0.2) is 30.3 Å². The van der Waals surface area contributed by atoms with E-state index in [1.807, 2.05) is 37.3 Å². The lowest BCUT2D eigenvalue weighted by molar-refractivity contribution is -0.124. The molecule has 2 rings (SSSR count). The Morgan fingerprint density at radius 2 is 2.12 bits per heavy atom. The van der Waals surface area contributed by atoms with Crippen LogP contribution in [-0.2, 0) is 4.79 Å². The van der Waals surface area contributed by atoms with Crippen molar-refractivity contribution in [2.45, 2.75) is 38.3 Å². The third-order valence-corrected chi connectivity index (χ3v) is 3.29. The number of nitrogens with one attached hydrogen (secondary N) is 2. The molecule has 0 aliphatic carbocycles. The van der Waals surface area contributed by atoms with E-state index < -0.39 is 0 Å². The Kier molecular flexibility index (Phi) is 4.15. The summed E-state index contributed by atoms with van der Waals surface area (Å²) in [6.45, 7) is 2.98. The molecule has 0 spiro atoms. The third kappa shape index (κ3) is 3.30. The molecule has 1 saturated heterocycles. The van der Waals surface area contributed by atoms with Crippen LogP contribution in [0.25, 0.3) is 0 Å².